The predicted octanol–water partition coefficient (Wildman–Crippen LogP) is 1.50. The van der Waals surface area contributed by atoms with Crippen LogP contribution < -0.4 is 0 Å². The first-order chi connectivity index (χ1) is 4.66. The second-order valence-corrected chi connectivity index (χ2v) is 2.17. The normalized spacial score (nSPS) is 10.2. The van der Waals surface area contributed by atoms with Crippen LogP contribution in [0.3, 0.4) is 0 Å². The van der Waals surface area contributed by atoms with Crippen molar-refractivity contribution in [2.75, 3.05) is 0 Å². The van der Waals surface area contributed by atoms with E-state index < -0.39 is 0 Å². The lowest BCUT2D eigenvalue weighted by Crippen LogP contribution is -1.97. The van der Waals surface area contributed by atoms with Gasteiger partial charge in [0.05, 0.1) is 0 Å². The fraction of sp³-hybridized carbons (Fsp3) is 0.500. The molecule has 0 saturated heterocycles. The number of ketones is 2. The van der Waals surface area contributed by atoms with Gasteiger partial charge in [0.15, 0.2) is 5.78 Å². The Hall–Kier alpha value is -0.920. The summed E-state index contributed by atoms with van der Waals surface area (Å²) in [5.74, 6) is 0.0931. The van der Waals surface area contributed by atoms with Gasteiger partial charge in [0.25, 0.3) is 0 Å². The van der Waals surface area contributed by atoms with Crippen molar-refractivity contribution in [1.29, 1.82) is 0 Å². The SMILES string of the molecule is CC=CC(=O)CCC(C)=O. The smallest absolute Gasteiger partial charge is 0.155 e. The van der Waals surface area contributed by atoms with Gasteiger partial charge in [-0.1, -0.05) is 6.08 Å². The highest BCUT2D eigenvalue weighted by Crippen LogP contribution is 1.92. The maximum atomic E-state index is 10.7. The third kappa shape index (κ3) is 5.22. The number of hydrogen-bond donors (Lipinski definition) is 0. The van der Waals surface area contributed by atoms with Crippen LogP contribution in [0.15, 0.2) is 12.2 Å². The van der Waals surface area contributed by atoms with Crippen molar-refractivity contribution < 1.29 is 9.59 Å². The monoisotopic (exact) mass is 140 g/mol. The standard InChI is InChI=1S/C8H12O2/c1-3-4-8(10)6-5-7(2)9/h3-4H,5-6H2,1-2H3. The van der Waals surface area contributed by atoms with Gasteiger partial charge in [0, 0.05) is 12.8 Å². The largest absolute Gasteiger partial charge is 0.300 e. The average Bonchev–Trinajstić information content (AvgIpc) is 1.85. The van der Waals surface area contributed by atoms with Gasteiger partial charge in [0.1, 0.15) is 5.78 Å². The molecule has 0 aromatic carbocycles. The Balaban J connectivity index is 3.50. The van der Waals surface area contributed by atoms with Crippen LogP contribution in [0.25, 0.3) is 0 Å². The molecule has 2 nitrogen and oxygen atoms in total. The summed E-state index contributed by atoms with van der Waals surface area (Å²) < 4.78 is 0. The van der Waals surface area contributed by atoms with E-state index in [1.54, 1.807) is 13.0 Å². The first kappa shape index (κ1) is 9.08. The first-order valence-corrected chi connectivity index (χ1v) is 3.31. The lowest BCUT2D eigenvalue weighted by atomic mass is 10.2. The third-order valence-electron chi connectivity index (χ3n) is 1.08. The molecule has 0 aliphatic rings. The van der Waals surface area contributed by atoms with Crippen LogP contribution in [0.5, 0.6) is 0 Å². The zero-order chi connectivity index (χ0) is 7.98. The fourth-order valence-electron chi connectivity index (χ4n) is 0.568. The zero-order valence-corrected chi connectivity index (χ0v) is 6.39. The molecule has 0 saturated carbocycles. The van der Waals surface area contributed by atoms with Crippen LogP contribution in [0.2, 0.25) is 0 Å². The summed E-state index contributed by atoms with van der Waals surface area (Å²) in [5.41, 5.74) is 0. The van der Waals surface area contributed by atoms with Gasteiger partial charge >= 0.3 is 0 Å². The van der Waals surface area contributed by atoms with E-state index in [9.17, 15) is 9.59 Å². The van der Waals surface area contributed by atoms with Gasteiger partial charge in [-0.2, -0.15) is 0 Å². The number of carbonyl (C=O) groups excluding carboxylic acids is 2. The predicted molar refractivity (Wildman–Crippen MR) is 39.7 cm³/mol. The number of Topliss-reactive ketones (excluding diaryl/α,β-unsaturated/α-hetero) is 1. The third-order valence-corrected chi connectivity index (χ3v) is 1.08. The fourth-order valence-corrected chi connectivity index (χ4v) is 0.568. The van der Waals surface area contributed by atoms with Gasteiger partial charge in [-0.15, -0.1) is 0 Å². The summed E-state index contributed by atoms with van der Waals surface area (Å²) in [5, 5.41) is 0. The summed E-state index contributed by atoms with van der Waals surface area (Å²) in [6.45, 7) is 3.27. The van der Waals surface area contributed by atoms with Crippen molar-refractivity contribution in [3.8, 4) is 0 Å². The molecule has 0 bridgehead atoms. The van der Waals surface area contributed by atoms with E-state index in [-0.39, 0.29) is 11.6 Å². The molecule has 0 fully saturated rings. The quantitative estimate of drug-likeness (QED) is 0.554. The number of hydrogen-bond acceptors (Lipinski definition) is 2. The molecule has 0 heterocycles. The highest BCUT2D eigenvalue weighted by Gasteiger charge is 1.97. The Kier molecular flexibility index (Phi) is 4.46. The Morgan fingerprint density at radius 2 is 1.90 bits per heavy atom. The maximum Gasteiger partial charge on any atom is 0.155 e. The zero-order valence-electron chi connectivity index (χ0n) is 6.39. The summed E-state index contributed by atoms with van der Waals surface area (Å²) in [4.78, 5) is 21.1. The molecular formula is C8H12O2. The molecule has 0 aliphatic heterocycles. The lowest BCUT2D eigenvalue weighted by Gasteiger charge is -1.89. The van der Waals surface area contributed by atoms with Crippen LogP contribution >= 0.6 is 0 Å². The van der Waals surface area contributed by atoms with Crippen molar-refractivity contribution >= 4 is 11.6 Å². The van der Waals surface area contributed by atoms with Gasteiger partial charge in [-0.25, -0.2) is 0 Å². The van der Waals surface area contributed by atoms with E-state index in [1.807, 2.05) is 0 Å². The van der Waals surface area contributed by atoms with Gasteiger partial charge in [-0.05, 0) is 19.9 Å². The Labute approximate surface area is 60.9 Å². The summed E-state index contributed by atoms with van der Waals surface area (Å²) in [6, 6.07) is 0. The van der Waals surface area contributed by atoms with Crippen molar-refractivity contribution in [3.05, 3.63) is 12.2 Å². The van der Waals surface area contributed by atoms with E-state index in [0.29, 0.717) is 12.8 Å². The van der Waals surface area contributed by atoms with Crippen LogP contribution in [-0.4, -0.2) is 11.6 Å². The highest BCUT2D eigenvalue weighted by atomic mass is 16.1. The highest BCUT2D eigenvalue weighted by molar-refractivity contribution is 5.92. The van der Waals surface area contributed by atoms with Crippen molar-refractivity contribution in [2.45, 2.75) is 26.7 Å². The topological polar surface area (TPSA) is 34.1 Å². The first-order valence-electron chi connectivity index (χ1n) is 3.31. The molecule has 0 aromatic heterocycles. The van der Waals surface area contributed by atoms with Crippen molar-refractivity contribution in [2.24, 2.45) is 0 Å². The van der Waals surface area contributed by atoms with E-state index in [1.165, 1.54) is 13.0 Å². The molecule has 0 aliphatic carbocycles. The second-order valence-electron chi connectivity index (χ2n) is 2.17. The molecule has 2 heteroatoms. The molecule has 0 rings (SSSR count). The van der Waals surface area contributed by atoms with Crippen molar-refractivity contribution in [3.63, 3.8) is 0 Å². The summed E-state index contributed by atoms with van der Waals surface area (Å²) in [6.07, 6.45) is 3.88. The molecule has 0 unspecified atom stereocenters. The molecule has 0 spiro atoms. The molecule has 10 heavy (non-hydrogen) atoms. The van der Waals surface area contributed by atoms with Crippen LogP contribution in [0, 0.1) is 0 Å². The van der Waals surface area contributed by atoms with Crippen LogP contribution in [0.1, 0.15) is 26.7 Å². The number of allylic oxidation sites excluding steroid dienone is 2. The Morgan fingerprint density at radius 3 is 2.30 bits per heavy atom. The molecule has 0 atom stereocenters. The minimum Gasteiger partial charge on any atom is -0.300 e. The molecule has 0 aromatic rings. The number of rotatable bonds is 4. The molecular weight excluding hydrogens is 128 g/mol. The Bertz CT molecular complexity index is 157. The minimum atomic E-state index is 0.0256. The van der Waals surface area contributed by atoms with Crippen LogP contribution in [0.4, 0.5) is 0 Å². The maximum absolute atomic E-state index is 10.7. The van der Waals surface area contributed by atoms with E-state index >= 15 is 0 Å². The number of carbonyl (C=O) groups is 2. The van der Waals surface area contributed by atoms with Gasteiger partial charge < -0.3 is 4.79 Å². The summed E-state index contributed by atoms with van der Waals surface area (Å²) in [7, 11) is 0. The molecule has 0 radical (unpaired) electrons. The van der Waals surface area contributed by atoms with E-state index in [0.717, 1.165) is 0 Å². The van der Waals surface area contributed by atoms with Gasteiger partial charge in [0.2, 0.25) is 0 Å². The van der Waals surface area contributed by atoms with Crippen LogP contribution in [-0.2, 0) is 9.59 Å². The lowest BCUT2D eigenvalue weighted by molar-refractivity contribution is -0.120. The van der Waals surface area contributed by atoms with Crippen molar-refractivity contribution in [1.82, 2.24) is 0 Å². The molecule has 56 valence electrons. The average molecular weight is 140 g/mol. The second kappa shape index (κ2) is 4.91. The van der Waals surface area contributed by atoms with Gasteiger partial charge in [-0.3, -0.25) is 4.79 Å². The summed E-state index contributed by atoms with van der Waals surface area (Å²) >= 11 is 0. The minimum absolute atomic E-state index is 0.0256. The van der Waals surface area contributed by atoms with E-state index in [4.69, 9.17) is 0 Å². The Morgan fingerprint density at radius 1 is 1.30 bits per heavy atom. The molecule has 0 N–H and O–H groups in total. The molecule has 0 amide bonds. The van der Waals surface area contributed by atoms with E-state index in [2.05, 4.69) is 0 Å².